The van der Waals surface area contributed by atoms with Crippen molar-refractivity contribution in [1.82, 2.24) is 9.71 Å². The molecule has 1 aromatic heterocycles. The first-order valence-corrected chi connectivity index (χ1v) is 8.51. The van der Waals surface area contributed by atoms with Crippen LogP contribution in [0.1, 0.15) is 16.8 Å². The van der Waals surface area contributed by atoms with Crippen LogP contribution >= 0.6 is 23.6 Å². The lowest BCUT2D eigenvalue weighted by Crippen LogP contribution is -2.23. The molecule has 0 amide bonds. The second-order valence-corrected chi connectivity index (χ2v) is 7.07. The smallest absolute Gasteiger partial charge is 0.240 e. The maximum atomic E-state index is 12.2. The number of aryl methyl sites for hydroxylation is 1. The Hall–Kier alpha value is -1.35. The summed E-state index contributed by atoms with van der Waals surface area (Å²) in [6.07, 6.45) is 0. The summed E-state index contributed by atoms with van der Waals surface area (Å²) in [5.74, 6) is 0. The third kappa shape index (κ3) is 3.40. The Bertz CT molecular complexity index is 724. The number of hydrogen-bond acceptors (Lipinski definition) is 5. The number of nitrogens with one attached hydrogen (secondary N) is 1. The summed E-state index contributed by atoms with van der Waals surface area (Å²) >= 11 is 6.32. The van der Waals surface area contributed by atoms with E-state index < -0.39 is 10.0 Å². The van der Waals surface area contributed by atoms with Crippen LogP contribution in [-0.2, 0) is 16.6 Å². The molecule has 0 aliphatic rings. The van der Waals surface area contributed by atoms with Gasteiger partial charge in [-0.15, -0.1) is 11.3 Å². The summed E-state index contributed by atoms with van der Waals surface area (Å²) in [6, 6.07) is 4.66. The molecule has 106 valence electrons. The first-order valence-electron chi connectivity index (χ1n) is 5.67. The summed E-state index contributed by atoms with van der Waals surface area (Å²) in [4.78, 5) is 4.46. The van der Waals surface area contributed by atoms with Gasteiger partial charge in [0.25, 0.3) is 0 Å². The number of nitrogens with two attached hydrogens (primary N) is 1. The fourth-order valence-corrected chi connectivity index (χ4v) is 3.53. The maximum Gasteiger partial charge on any atom is 0.240 e. The number of sulfonamides is 1. The Morgan fingerprint density at radius 3 is 2.80 bits per heavy atom. The van der Waals surface area contributed by atoms with Crippen LogP contribution < -0.4 is 10.5 Å². The number of thiazole rings is 1. The summed E-state index contributed by atoms with van der Waals surface area (Å²) in [6.45, 7) is 1.94. The highest BCUT2D eigenvalue weighted by molar-refractivity contribution is 7.89. The summed E-state index contributed by atoms with van der Waals surface area (Å²) in [7, 11) is -3.57. The molecule has 1 heterocycles. The first-order chi connectivity index (χ1) is 9.40. The number of nitrogens with zero attached hydrogens (tertiary/aromatic N) is 1. The maximum absolute atomic E-state index is 12.2. The molecule has 8 heteroatoms. The molecule has 20 heavy (non-hydrogen) atoms. The van der Waals surface area contributed by atoms with Gasteiger partial charge in [0, 0.05) is 10.9 Å². The Labute approximate surface area is 126 Å². The van der Waals surface area contributed by atoms with Gasteiger partial charge in [0.2, 0.25) is 10.0 Å². The molecule has 0 saturated carbocycles. The highest BCUT2D eigenvalue weighted by Gasteiger charge is 2.15. The molecule has 2 rings (SSSR count). The van der Waals surface area contributed by atoms with Crippen LogP contribution in [0, 0.1) is 6.92 Å². The quantitative estimate of drug-likeness (QED) is 0.814. The van der Waals surface area contributed by atoms with Gasteiger partial charge in [-0.2, -0.15) is 0 Å². The Morgan fingerprint density at radius 2 is 2.25 bits per heavy atom. The van der Waals surface area contributed by atoms with E-state index in [0.717, 1.165) is 5.56 Å². The van der Waals surface area contributed by atoms with Gasteiger partial charge in [-0.05, 0) is 24.6 Å². The molecule has 0 atom stereocenters. The standard InChI is InChI=1S/C12H13N3O2S3/c1-8-4-10(2-3-11(8)12(13)18)20(16,17)15-5-9-6-19-7-14-9/h2-4,6-7,15H,5H2,1H3,(H2,13,18). The van der Waals surface area contributed by atoms with E-state index in [1.807, 2.05) is 0 Å². The molecule has 0 unspecified atom stereocenters. The normalized spacial score (nSPS) is 11.4. The first kappa shape index (κ1) is 15.0. The zero-order chi connectivity index (χ0) is 14.8. The van der Waals surface area contributed by atoms with Gasteiger partial charge < -0.3 is 5.73 Å². The van der Waals surface area contributed by atoms with Crippen molar-refractivity contribution in [2.75, 3.05) is 0 Å². The molecular formula is C12H13N3O2S3. The minimum absolute atomic E-state index is 0.169. The molecule has 3 N–H and O–H groups in total. The van der Waals surface area contributed by atoms with Crippen molar-refractivity contribution in [3.63, 3.8) is 0 Å². The van der Waals surface area contributed by atoms with Crippen molar-refractivity contribution in [2.24, 2.45) is 5.73 Å². The average Bonchev–Trinajstić information content (AvgIpc) is 2.89. The second kappa shape index (κ2) is 5.96. The molecule has 0 aliphatic carbocycles. The molecule has 0 aliphatic heterocycles. The zero-order valence-corrected chi connectivity index (χ0v) is 13.1. The number of hydrogen-bond donors (Lipinski definition) is 2. The molecule has 0 bridgehead atoms. The van der Waals surface area contributed by atoms with Gasteiger partial charge in [-0.1, -0.05) is 18.3 Å². The lowest BCUT2D eigenvalue weighted by Gasteiger charge is -2.09. The monoisotopic (exact) mass is 327 g/mol. The van der Waals surface area contributed by atoms with E-state index in [0.29, 0.717) is 11.3 Å². The van der Waals surface area contributed by atoms with E-state index >= 15 is 0 Å². The minimum atomic E-state index is -3.57. The van der Waals surface area contributed by atoms with E-state index in [1.165, 1.54) is 17.4 Å². The molecule has 0 fully saturated rings. The predicted octanol–water partition coefficient (Wildman–Crippen LogP) is 1.56. The van der Waals surface area contributed by atoms with Crippen LogP contribution in [0.5, 0.6) is 0 Å². The van der Waals surface area contributed by atoms with Crippen LogP contribution in [0.15, 0.2) is 34.0 Å². The van der Waals surface area contributed by atoms with Crippen LogP contribution in [0.2, 0.25) is 0 Å². The minimum Gasteiger partial charge on any atom is -0.389 e. The molecular weight excluding hydrogens is 314 g/mol. The lowest BCUT2D eigenvalue weighted by molar-refractivity contribution is 0.580. The average molecular weight is 327 g/mol. The van der Waals surface area contributed by atoms with Crippen molar-refractivity contribution >= 4 is 38.6 Å². The fourth-order valence-electron chi connectivity index (χ4n) is 1.66. The number of rotatable bonds is 5. The van der Waals surface area contributed by atoms with Crippen LogP contribution in [-0.4, -0.2) is 18.4 Å². The van der Waals surface area contributed by atoms with Crippen LogP contribution in [0.4, 0.5) is 0 Å². The zero-order valence-electron chi connectivity index (χ0n) is 10.7. The largest absolute Gasteiger partial charge is 0.389 e. The molecule has 1 aromatic carbocycles. The van der Waals surface area contributed by atoms with Crippen LogP contribution in [0.3, 0.4) is 0 Å². The SMILES string of the molecule is Cc1cc(S(=O)(=O)NCc2cscn2)ccc1C(N)=S. The van der Waals surface area contributed by atoms with Crippen LogP contribution in [0.25, 0.3) is 0 Å². The van der Waals surface area contributed by atoms with Gasteiger partial charge in [0.05, 0.1) is 22.6 Å². The Morgan fingerprint density at radius 1 is 1.50 bits per heavy atom. The number of benzene rings is 1. The highest BCUT2D eigenvalue weighted by Crippen LogP contribution is 2.16. The summed E-state index contributed by atoms with van der Waals surface area (Å²) < 4.78 is 26.8. The Balaban J connectivity index is 2.21. The number of thiocarbonyl (C=S) groups is 1. The predicted molar refractivity (Wildman–Crippen MR) is 83.2 cm³/mol. The Kier molecular flexibility index (Phi) is 4.48. The van der Waals surface area contributed by atoms with E-state index in [4.69, 9.17) is 18.0 Å². The third-order valence-electron chi connectivity index (χ3n) is 2.70. The van der Waals surface area contributed by atoms with Gasteiger partial charge in [-0.3, -0.25) is 0 Å². The van der Waals surface area contributed by atoms with Gasteiger partial charge in [-0.25, -0.2) is 18.1 Å². The molecule has 5 nitrogen and oxygen atoms in total. The van der Waals surface area contributed by atoms with Crippen molar-refractivity contribution in [3.8, 4) is 0 Å². The second-order valence-electron chi connectivity index (χ2n) is 4.15. The molecule has 0 saturated heterocycles. The fraction of sp³-hybridized carbons (Fsp3) is 0.167. The third-order valence-corrected chi connectivity index (χ3v) is 4.95. The van der Waals surface area contributed by atoms with E-state index in [9.17, 15) is 8.42 Å². The summed E-state index contributed by atoms with van der Waals surface area (Å²) in [5, 5.41) is 1.80. The lowest BCUT2D eigenvalue weighted by atomic mass is 10.1. The van der Waals surface area contributed by atoms with E-state index in [2.05, 4.69) is 9.71 Å². The van der Waals surface area contributed by atoms with Crippen molar-refractivity contribution < 1.29 is 8.42 Å². The summed E-state index contributed by atoms with van der Waals surface area (Å²) in [5.41, 5.74) is 9.31. The van der Waals surface area contributed by atoms with Gasteiger partial charge in [0.1, 0.15) is 4.99 Å². The molecule has 0 radical (unpaired) electrons. The van der Waals surface area contributed by atoms with Crippen molar-refractivity contribution in [3.05, 3.63) is 45.9 Å². The topological polar surface area (TPSA) is 85.1 Å². The molecule has 2 aromatic rings. The molecule has 0 spiro atoms. The van der Waals surface area contributed by atoms with Gasteiger partial charge in [0.15, 0.2) is 0 Å². The van der Waals surface area contributed by atoms with E-state index in [1.54, 1.807) is 29.9 Å². The number of aromatic nitrogens is 1. The van der Waals surface area contributed by atoms with E-state index in [-0.39, 0.29) is 16.4 Å². The van der Waals surface area contributed by atoms with Crippen molar-refractivity contribution in [1.29, 1.82) is 0 Å². The van der Waals surface area contributed by atoms with Crippen molar-refractivity contribution in [2.45, 2.75) is 18.4 Å². The highest BCUT2D eigenvalue weighted by atomic mass is 32.2. The van der Waals surface area contributed by atoms with Gasteiger partial charge >= 0.3 is 0 Å².